The predicted octanol–water partition coefficient (Wildman–Crippen LogP) is 3.73. The maximum atomic E-state index is 13.5. The van der Waals surface area contributed by atoms with Crippen molar-refractivity contribution in [1.29, 1.82) is 0 Å². The van der Waals surface area contributed by atoms with Gasteiger partial charge in [-0.15, -0.1) is 0 Å². The summed E-state index contributed by atoms with van der Waals surface area (Å²) in [5.41, 5.74) is -2.53. The molecule has 25 heavy (non-hydrogen) atoms. The molecule has 0 saturated heterocycles. The molecule has 142 valence electrons. The van der Waals surface area contributed by atoms with E-state index in [0.29, 0.717) is 5.92 Å². The van der Waals surface area contributed by atoms with Gasteiger partial charge >= 0.3 is 12.1 Å². The molecule has 0 heterocycles. The first-order valence-corrected chi connectivity index (χ1v) is 9.02. The van der Waals surface area contributed by atoms with E-state index in [1.807, 2.05) is 0 Å². The van der Waals surface area contributed by atoms with Crippen LogP contribution in [0, 0.1) is 35.0 Å². The lowest BCUT2D eigenvalue weighted by Crippen LogP contribution is -2.50. The van der Waals surface area contributed by atoms with Crippen molar-refractivity contribution in [2.24, 2.45) is 35.0 Å². The minimum Gasteiger partial charge on any atom is -0.438 e. The van der Waals surface area contributed by atoms with Crippen LogP contribution in [0.15, 0.2) is 0 Å². The Bertz CT molecular complexity index is 559. The second-order valence-electron chi connectivity index (χ2n) is 8.01. The molecular formula is C18H25F3O4. The van der Waals surface area contributed by atoms with Crippen molar-refractivity contribution in [1.82, 2.24) is 0 Å². The van der Waals surface area contributed by atoms with Crippen LogP contribution in [0.1, 0.15) is 46.5 Å². The van der Waals surface area contributed by atoms with E-state index in [0.717, 1.165) is 19.3 Å². The highest BCUT2D eigenvalue weighted by Crippen LogP contribution is 2.57. The van der Waals surface area contributed by atoms with E-state index in [2.05, 4.69) is 0 Å². The highest BCUT2D eigenvalue weighted by molar-refractivity contribution is 5.88. The van der Waals surface area contributed by atoms with E-state index >= 15 is 0 Å². The SMILES string of the molecule is CCC(C(=O)OCOC1C2CC3CC(C2=O)C1C3)(C(C)C)C(F)(F)F. The summed E-state index contributed by atoms with van der Waals surface area (Å²) in [6.07, 6.45) is -2.76. The van der Waals surface area contributed by atoms with Gasteiger partial charge in [-0.05, 0) is 43.4 Å². The van der Waals surface area contributed by atoms with Crippen molar-refractivity contribution in [2.75, 3.05) is 6.79 Å². The van der Waals surface area contributed by atoms with Crippen molar-refractivity contribution >= 4 is 11.8 Å². The van der Waals surface area contributed by atoms with Gasteiger partial charge in [-0.2, -0.15) is 13.2 Å². The largest absolute Gasteiger partial charge is 0.438 e. The third-order valence-electron chi connectivity index (χ3n) is 6.71. The van der Waals surface area contributed by atoms with Crippen molar-refractivity contribution < 1.29 is 32.2 Å². The highest BCUT2D eigenvalue weighted by atomic mass is 19.4. The van der Waals surface area contributed by atoms with Crippen LogP contribution >= 0.6 is 0 Å². The van der Waals surface area contributed by atoms with Gasteiger partial charge in [0.1, 0.15) is 5.78 Å². The molecule has 0 radical (unpaired) electrons. The molecule has 7 heteroatoms. The Balaban J connectivity index is 1.62. The summed E-state index contributed by atoms with van der Waals surface area (Å²) in [5.74, 6) is -1.45. The summed E-state index contributed by atoms with van der Waals surface area (Å²) >= 11 is 0. The number of ether oxygens (including phenoxy) is 2. The topological polar surface area (TPSA) is 52.6 Å². The normalized spacial score (nSPS) is 36.1. The third kappa shape index (κ3) is 2.69. The monoisotopic (exact) mass is 362 g/mol. The van der Waals surface area contributed by atoms with E-state index in [-0.39, 0.29) is 36.1 Å². The molecular weight excluding hydrogens is 337 g/mol. The molecule has 4 fully saturated rings. The fourth-order valence-corrected chi connectivity index (χ4v) is 5.37. The second-order valence-corrected chi connectivity index (χ2v) is 8.01. The third-order valence-corrected chi connectivity index (χ3v) is 6.71. The molecule has 0 aromatic rings. The van der Waals surface area contributed by atoms with Crippen molar-refractivity contribution in [3.63, 3.8) is 0 Å². The molecule has 0 N–H and O–H groups in total. The Morgan fingerprint density at radius 3 is 2.36 bits per heavy atom. The van der Waals surface area contributed by atoms with E-state index in [9.17, 15) is 22.8 Å². The van der Waals surface area contributed by atoms with Gasteiger partial charge in [0, 0.05) is 11.8 Å². The van der Waals surface area contributed by atoms with Crippen LogP contribution in [0.25, 0.3) is 0 Å². The van der Waals surface area contributed by atoms with Gasteiger partial charge in [0.15, 0.2) is 12.2 Å². The van der Waals surface area contributed by atoms with Crippen LogP contribution in [0.5, 0.6) is 0 Å². The zero-order valence-corrected chi connectivity index (χ0v) is 14.8. The number of esters is 1. The van der Waals surface area contributed by atoms with Crippen molar-refractivity contribution in [3.8, 4) is 0 Å². The van der Waals surface area contributed by atoms with E-state index in [4.69, 9.17) is 9.47 Å². The Labute approximate surface area is 145 Å². The fraction of sp³-hybridized carbons (Fsp3) is 0.889. The van der Waals surface area contributed by atoms with Crippen LogP contribution in [0.4, 0.5) is 13.2 Å². The average molecular weight is 362 g/mol. The first-order valence-electron chi connectivity index (χ1n) is 9.02. The van der Waals surface area contributed by atoms with Gasteiger partial charge in [-0.25, -0.2) is 0 Å². The lowest BCUT2D eigenvalue weighted by atomic mass is 9.74. The van der Waals surface area contributed by atoms with Crippen LogP contribution in [-0.2, 0) is 19.1 Å². The van der Waals surface area contributed by atoms with E-state index in [1.54, 1.807) is 0 Å². The fourth-order valence-electron chi connectivity index (χ4n) is 5.37. The number of ketones is 1. The van der Waals surface area contributed by atoms with Crippen LogP contribution in [0.2, 0.25) is 0 Å². The summed E-state index contributed by atoms with van der Waals surface area (Å²) in [5, 5.41) is 0. The molecule has 0 aliphatic heterocycles. The molecule has 4 bridgehead atoms. The summed E-state index contributed by atoms with van der Waals surface area (Å²) in [6, 6.07) is 0. The first-order chi connectivity index (χ1) is 11.6. The number of halogens is 3. The van der Waals surface area contributed by atoms with Gasteiger partial charge in [-0.3, -0.25) is 9.59 Å². The summed E-state index contributed by atoms with van der Waals surface area (Å²) in [4.78, 5) is 24.5. The van der Waals surface area contributed by atoms with Crippen LogP contribution < -0.4 is 0 Å². The molecule has 0 spiro atoms. The maximum Gasteiger partial charge on any atom is 0.405 e. The van der Waals surface area contributed by atoms with Crippen LogP contribution in [-0.4, -0.2) is 30.8 Å². The van der Waals surface area contributed by atoms with Gasteiger partial charge in [0.2, 0.25) is 0 Å². The maximum absolute atomic E-state index is 13.5. The minimum absolute atomic E-state index is 0.0324. The molecule has 4 aliphatic carbocycles. The number of Topliss-reactive ketones (excluding diaryl/α,β-unsaturated/α-hetero) is 1. The van der Waals surface area contributed by atoms with E-state index in [1.165, 1.54) is 20.8 Å². The van der Waals surface area contributed by atoms with Crippen molar-refractivity contribution in [3.05, 3.63) is 0 Å². The number of rotatable bonds is 6. The molecule has 4 rings (SSSR count). The number of hydrogen-bond donors (Lipinski definition) is 0. The number of carbonyl (C=O) groups is 2. The lowest BCUT2D eigenvalue weighted by Gasteiger charge is -2.36. The Morgan fingerprint density at radius 1 is 1.20 bits per heavy atom. The van der Waals surface area contributed by atoms with E-state index < -0.39 is 30.3 Å². The molecule has 4 aliphatic rings. The Hall–Kier alpha value is -1.11. The Kier molecular flexibility index (Phi) is 4.67. The smallest absolute Gasteiger partial charge is 0.405 e. The molecule has 0 aromatic heterocycles. The zero-order chi connectivity index (χ0) is 18.6. The molecule has 6 unspecified atom stereocenters. The first kappa shape index (κ1) is 18.7. The Morgan fingerprint density at radius 2 is 1.84 bits per heavy atom. The average Bonchev–Trinajstić information content (AvgIpc) is 2.91. The van der Waals surface area contributed by atoms with Gasteiger partial charge < -0.3 is 9.47 Å². The number of alkyl halides is 3. The minimum atomic E-state index is -4.69. The lowest BCUT2D eigenvalue weighted by molar-refractivity contribution is -0.253. The van der Waals surface area contributed by atoms with Gasteiger partial charge in [0.25, 0.3) is 0 Å². The molecule has 4 nitrogen and oxygen atoms in total. The highest BCUT2D eigenvalue weighted by Gasteiger charge is 2.62. The zero-order valence-electron chi connectivity index (χ0n) is 14.8. The molecule has 6 atom stereocenters. The van der Waals surface area contributed by atoms with Crippen molar-refractivity contribution in [2.45, 2.75) is 58.7 Å². The summed E-state index contributed by atoms with van der Waals surface area (Å²) in [7, 11) is 0. The number of hydrogen-bond acceptors (Lipinski definition) is 4. The predicted molar refractivity (Wildman–Crippen MR) is 82.3 cm³/mol. The number of carbonyl (C=O) groups excluding carboxylic acids is 2. The van der Waals surface area contributed by atoms with Gasteiger partial charge in [-0.1, -0.05) is 20.8 Å². The quantitative estimate of drug-likeness (QED) is 0.534. The van der Waals surface area contributed by atoms with Gasteiger partial charge in [0.05, 0.1) is 6.10 Å². The summed E-state index contributed by atoms with van der Waals surface area (Å²) < 4.78 is 51.1. The molecule has 0 amide bonds. The standard InChI is InChI=1S/C18H25F3O4/c1-4-17(9(2)3,18(19,20)21)16(23)25-8-24-15-12-6-10-5-11(12)14(22)13(15)7-10/h9-13,15H,4-8H2,1-3H3. The summed E-state index contributed by atoms with van der Waals surface area (Å²) in [6.45, 7) is 3.55. The second kappa shape index (κ2) is 6.25. The molecule has 4 saturated carbocycles. The van der Waals surface area contributed by atoms with Crippen LogP contribution in [0.3, 0.4) is 0 Å². The molecule has 0 aromatic carbocycles.